The number of phosphoric ester groups is 1. The minimum absolute atomic E-state index is 0.0282. The highest BCUT2D eigenvalue weighted by atomic mass is 31.2. The van der Waals surface area contributed by atoms with Gasteiger partial charge in [0.2, 0.25) is 0 Å². The van der Waals surface area contributed by atoms with Crippen molar-refractivity contribution < 1.29 is 22.9 Å². The van der Waals surface area contributed by atoms with Gasteiger partial charge in [-0.2, -0.15) is 4.98 Å². The zero-order valence-electron chi connectivity index (χ0n) is 14.1. The van der Waals surface area contributed by atoms with E-state index < -0.39 is 37.4 Å². The van der Waals surface area contributed by atoms with E-state index >= 15 is 0 Å². The van der Waals surface area contributed by atoms with Crippen molar-refractivity contribution in [1.82, 2.24) is 9.55 Å². The van der Waals surface area contributed by atoms with Crippen molar-refractivity contribution >= 4 is 13.6 Å². The summed E-state index contributed by atoms with van der Waals surface area (Å²) >= 11 is 0. The van der Waals surface area contributed by atoms with E-state index in [0.717, 1.165) is 0 Å². The molecule has 0 radical (unpaired) electrons. The molecule has 5 unspecified atom stereocenters. The quantitative estimate of drug-likeness (QED) is 0.626. The van der Waals surface area contributed by atoms with Crippen LogP contribution in [0.5, 0.6) is 0 Å². The van der Waals surface area contributed by atoms with Gasteiger partial charge >= 0.3 is 13.5 Å². The van der Waals surface area contributed by atoms with Crippen LogP contribution in [-0.2, 0) is 22.9 Å². The molecule has 10 heteroatoms. The third-order valence-corrected chi connectivity index (χ3v) is 5.77. The summed E-state index contributed by atoms with van der Waals surface area (Å²) < 4.78 is 36.0. The molecule has 9 nitrogen and oxygen atoms in total. The fourth-order valence-electron chi connectivity index (χ4n) is 2.97. The maximum atomic E-state index is 12.7. The van der Waals surface area contributed by atoms with Crippen molar-refractivity contribution in [3.05, 3.63) is 22.7 Å². The number of fused-ring (bicyclic) bond motifs is 1. The number of hydrogen-bond donors (Lipinski definition) is 1. The van der Waals surface area contributed by atoms with Crippen molar-refractivity contribution in [2.24, 2.45) is 5.41 Å². The van der Waals surface area contributed by atoms with E-state index in [2.05, 4.69) is 10.9 Å². The smallest absolute Gasteiger partial charge is 0.383 e. The van der Waals surface area contributed by atoms with Gasteiger partial charge in [-0.25, -0.2) is 9.36 Å². The van der Waals surface area contributed by atoms with Gasteiger partial charge in [0.1, 0.15) is 23.4 Å². The molecule has 5 atom stereocenters. The minimum Gasteiger partial charge on any atom is -0.383 e. The van der Waals surface area contributed by atoms with Crippen LogP contribution in [0.1, 0.15) is 27.0 Å². The molecule has 1 aromatic heterocycles. The van der Waals surface area contributed by atoms with Crippen LogP contribution >= 0.6 is 7.82 Å². The molecule has 2 aliphatic rings. The predicted octanol–water partition coefficient (Wildman–Crippen LogP) is 1.31. The van der Waals surface area contributed by atoms with Gasteiger partial charge in [0.25, 0.3) is 0 Å². The van der Waals surface area contributed by atoms with Crippen LogP contribution in [0.3, 0.4) is 0 Å². The molecule has 2 saturated heterocycles. The highest BCUT2D eigenvalue weighted by Gasteiger charge is 2.60. The predicted molar refractivity (Wildman–Crippen MR) is 88.4 cm³/mol. The Morgan fingerprint density at radius 1 is 1.60 bits per heavy atom. The largest absolute Gasteiger partial charge is 0.475 e. The second kappa shape index (κ2) is 6.24. The molecular weight excluding hydrogens is 349 g/mol. The fourth-order valence-corrected chi connectivity index (χ4v) is 4.62. The summed E-state index contributed by atoms with van der Waals surface area (Å²) in [5.74, 6) is 2.71. The first-order chi connectivity index (χ1) is 11.7. The van der Waals surface area contributed by atoms with E-state index in [1.54, 1.807) is 20.8 Å². The van der Waals surface area contributed by atoms with Crippen LogP contribution in [0.2, 0.25) is 0 Å². The van der Waals surface area contributed by atoms with Gasteiger partial charge in [-0.3, -0.25) is 18.1 Å². The molecule has 25 heavy (non-hydrogen) atoms. The summed E-state index contributed by atoms with van der Waals surface area (Å²) in [6.45, 7) is 5.09. The first kappa shape index (κ1) is 18.1. The summed E-state index contributed by atoms with van der Waals surface area (Å²) in [6.07, 6.45) is 4.57. The first-order valence-corrected chi connectivity index (χ1v) is 9.24. The summed E-state index contributed by atoms with van der Waals surface area (Å²) in [5.41, 5.74) is 3.83. The van der Waals surface area contributed by atoms with E-state index in [4.69, 9.17) is 30.5 Å². The number of rotatable bonds is 3. The van der Waals surface area contributed by atoms with Crippen LogP contribution < -0.4 is 11.4 Å². The SMILES string of the molecule is C#CC1(C)C2OP(=O)(OC(C)C)OCC2OC1n1ccc(N)nc1=O. The molecular formula is C15H20N3O6P. The van der Waals surface area contributed by atoms with E-state index in [-0.39, 0.29) is 18.5 Å². The molecule has 2 aliphatic heterocycles. The Bertz CT molecular complexity index is 818. The molecule has 0 spiro atoms. The van der Waals surface area contributed by atoms with Crippen LogP contribution in [0.4, 0.5) is 5.82 Å². The van der Waals surface area contributed by atoms with Crippen molar-refractivity contribution in [3.8, 4) is 12.3 Å². The molecule has 0 aromatic carbocycles. The number of anilines is 1. The number of phosphoric acid groups is 1. The molecule has 3 heterocycles. The minimum atomic E-state index is -3.77. The van der Waals surface area contributed by atoms with Crippen LogP contribution in [0.25, 0.3) is 0 Å². The fraction of sp³-hybridized carbons (Fsp3) is 0.600. The van der Waals surface area contributed by atoms with Crippen LogP contribution in [0, 0.1) is 17.8 Å². The molecule has 0 amide bonds. The van der Waals surface area contributed by atoms with Crippen LogP contribution in [0.15, 0.2) is 17.1 Å². The Labute approximate surface area is 145 Å². The third kappa shape index (κ3) is 3.12. The van der Waals surface area contributed by atoms with E-state index in [9.17, 15) is 9.36 Å². The Kier molecular flexibility index (Phi) is 4.52. The molecule has 136 valence electrons. The average molecular weight is 369 g/mol. The average Bonchev–Trinajstić information content (AvgIpc) is 2.79. The lowest BCUT2D eigenvalue weighted by atomic mass is 9.83. The number of terminal acetylenes is 1. The van der Waals surface area contributed by atoms with Gasteiger partial charge in [0.15, 0.2) is 6.23 Å². The Morgan fingerprint density at radius 3 is 2.92 bits per heavy atom. The van der Waals surface area contributed by atoms with Gasteiger partial charge < -0.3 is 10.5 Å². The van der Waals surface area contributed by atoms with Gasteiger partial charge in [0, 0.05) is 6.20 Å². The summed E-state index contributed by atoms with van der Waals surface area (Å²) in [5, 5.41) is 0. The zero-order chi connectivity index (χ0) is 18.4. The van der Waals surface area contributed by atoms with Gasteiger partial charge in [-0.05, 0) is 26.8 Å². The lowest BCUT2D eigenvalue weighted by molar-refractivity contribution is -0.0748. The molecule has 2 fully saturated rings. The Morgan fingerprint density at radius 2 is 2.32 bits per heavy atom. The topological polar surface area (TPSA) is 115 Å². The third-order valence-electron chi connectivity index (χ3n) is 4.14. The molecule has 0 aliphatic carbocycles. The monoisotopic (exact) mass is 369 g/mol. The summed E-state index contributed by atoms with van der Waals surface area (Å²) in [7, 11) is -3.77. The first-order valence-electron chi connectivity index (χ1n) is 7.78. The van der Waals surface area contributed by atoms with Crippen molar-refractivity contribution in [1.29, 1.82) is 0 Å². The van der Waals surface area contributed by atoms with E-state index in [0.29, 0.717) is 0 Å². The van der Waals surface area contributed by atoms with Crippen molar-refractivity contribution in [3.63, 3.8) is 0 Å². The number of nitrogens with two attached hydrogens (primary N) is 1. The molecule has 2 N–H and O–H groups in total. The number of nitrogen functional groups attached to an aromatic ring is 1. The maximum Gasteiger partial charge on any atom is 0.475 e. The summed E-state index contributed by atoms with van der Waals surface area (Å²) in [4.78, 5) is 15.9. The standard InChI is InChI=1S/C15H20N3O6P/c1-5-15(4)12-10(8-21-25(20,24-12)23-9(2)3)22-13(15)18-7-6-11(16)17-14(18)19/h1,6-7,9-10,12-13H,8H2,2-4H3,(H2,16,17,19). The van der Waals surface area contributed by atoms with Gasteiger partial charge in [-0.1, -0.05) is 5.92 Å². The number of hydrogen-bond acceptors (Lipinski definition) is 8. The van der Waals surface area contributed by atoms with Gasteiger partial charge in [0.05, 0.1) is 12.7 Å². The van der Waals surface area contributed by atoms with Crippen molar-refractivity contribution in [2.45, 2.75) is 45.3 Å². The Hall–Kier alpha value is -1.69. The lowest BCUT2D eigenvalue weighted by Crippen LogP contribution is -2.43. The Balaban J connectivity index is 1.97. The normalized spacial score (nSPS) is 37.6. The van der Waals surface area contributed by atoms with Crippen molar-refractivity contribution in [2.75, 3.05) is 12.3 Å². The lowest BCUT2D eigenvalue weighted by Gasteiger charge is -2.35. The summed E-state index contributed by atoms with van der Waals surface area (Å²) in [6, 6.07) is 1.47. The highest BCUT2D eigenvalue weighted by Crippen LogP contribution is 2.61. The molecule has 1 aromatic rings. The number of ether oxygens (including phenoxy) is 1. The number of aromatic nitrogens is 2. The zero-order valence-corrected chi connectivity index (χ0v) is 15.0. The number of nitrogens with zero attached hydrogens (tertiary/aromatic N) is 2. The molecule has 0 saturated carbocycles. The van der Waals surface area contributed by atoms with Gasteiger partial charge in [-0.15, -0.1) is 6.42 Å². The maximum absolute atomic E-state index is 12.7. The second-order valence-electron chi connectivity index (χ2n) is 6.42. The molecule has 0 bridgehead atoms. The van der Waals surface area contributed by atoms with E-state index in [1.807, 2.05) is 0 Å². The van der Waals surface area contributed by atoms with E-state index in [1.165, 1.54) is 16.8 Å². The highest BCUT2D eigenvalue weighted by molar-refractivity contribution is 7.48. The van der Waals surface area contributed by atoms with Crippen LogP contribution in [-0.4, -0.2) is 34.5 Å². The molecule has 3 rings (SSSR count). The second-order valence-corrected chi connectivity index (χ2v) is 7.99.